The summed E-state index contributed by atoms with van der Waals surface area (Å²) in [5.74, 6) is -0.0467. The van der Waals surface area contributed by atoms with Gasteiger partial charge in [0, 0.05) is 31.4 Å². The van der Waals surface area contributed by atoms with Crippen LogP contribution in [0, 0.1) is 5.92 Å². The number of aromatic nitrogens is 1. The summed E-state index contributed by atoms with van der Waals surface area (Å²) in [6.07, 6.45) is 9.36. The summed E-state index contributed by atoms with van der Waals surface area (Å²) in [4.78, 5) is 17.5. The SMILES string of the molecule is O=C(O)CCCCC[C@@H]1CCN(Cc2cccnc2)[C@@H]1c1ccccc1.[H-].[Na+]. The zero-order valence-corrected chi connectivity index (χ0v) is 18.3. The number of nitrogens with zero attached hydrogens (tertiary/aromatic N) is 2. The van der Waals surface area contributed by atoms with Crippen LogP contribution < -0.4 is 29.6 Å². The Morgan fingerprint density at radius 1 is 1.15 bits per heavy atom. The average molecular weight is 376 g/mol. The Hall–Kier alpha value is -1.20. The normalized spacial score (nSPS) is 19.6. The Morgan fingerprint density at radius 3 is 2.67 bits per heavy atom. The Bertz CT molecular complexity index is 687. The molecule has 2 atom stereocenters. The van der Waals surface area contributed by atoms with Crippen LogP contribution in [0.1, 0.15) is 57.1 Å². The van der Waals surface area contributed by atoms with Gasteiger partial charge >= 0.3 is 35.5 Å². The minimum atomic E-state index is -0.685. The molecule has 3 rings (SSSR count). The van der Waals surface area contributed by atoms with Gasteiger partial charge in [0.2, 0.25) is 0 Å². The van der Waals surface area contributed by atoms with E-state index in [2.05, 4.69) is 46.3 Å². The van der Waals surface area contributed by atoms with Crippen LogP contribution in [0.4, 0.5) is 0 Å². The van der Waals surface area contributed by atoms with E-state index in [0.717, 1.165) is 32.4 Å². The van der Waals surface area contributed by atoms with Gasteiger partial charge in [-0.3, -0.25) is 14.7 Å². The van der Waals surface area contributed by atoms with Crippen molar-refractivity contribution in [1.29, 1.82) is 0 Å². The van der Waals surface area contributed by atoms with Gasteiger partial charge in [-0.25, -0.2) is 0 Å². The fraction of sp³-hybridized carbons (Fsp3) is 0.455. The summed E-state index contributed by atoms with van der Waals surface area (Å²) in [5, 5.41) is 8.78. The summed E-state index contributed by atoms with van der Waals surface area (Å²) in [5.41, 5.74) is 2.65. The van der Waals surface area contributed by atoms with E-state index in [4.69, 9.17) is 5.11 Å². The van der Waals surface area contributed by atoms with Crippen molar-refractivity contribution in [2.45, 2.75) is 51.1 Å². The van der Waals surface area contributed by atoms with E-state index in [1.165, 1.54) is 24.0 Å². The van der Waals surface area contributed by atoms with E-state index in [-0.39, 0.29) is 31.0 Å². The standard InChI is InChI=1S/C22H28N2O2.Na.H/c25-21(26)12-6-2-5-11-20-13-15-24(17-18-8-7-14-23-16-18)22(20)19-9-3-1-4-10-19;;/h1,3-4,7-10,14,16,20,22H,2,5-6,11-13,15,17H2,(H,25,26);;/q;+1;-1/t20-,22-;;/m1../s1. The predicted molar refractivity (Wildman–Crippen MR) is 104 cm³/mol. The van der Waals surface area contributed by atoms with Crippen molar-refractivity contribution in [2.75, 3.05) is 6.54 Å². The second-order valence-corrected chi connectivity index (χ2v) is 7.23. The third-order valence-corrected chi connectivity index (χ3v) is 5.34. The van der Waals surface area contributed by atoms with Crippen LogP contribution >= 0.6 is 0 Å². The van der Waals surface area contributed by atoms with Crippen molar-refractivity contribution < 1.29 is 40.9 Å². The minimum Gasteiger partial charge on any atom is -1.00 e. The molecule has 1 N–H and O–H groups in total. The molecule has 0 spiro atoms. The van der Waals surface area contributed by atoms with Crippen molar-refractivity contribution in [2.24, 2.45) is 5.92 Å². The molecule has 1 aromatic heterocycles. The number of aliphatic carboxylic acids is 1. The zero-order valence-electron chi connectivity index (χ0n) is 17.3. The van der Waals surface area contributed by atoms with Gasteiger partial charge in [0.05, 0.1) is 0 Å². The first-order valence-corrected chi connectivity index (χ1v) is 9.64. The molecule has 0 bridgehead atoms. The van der Waals surface area contributed by atoms with Gasteiger partial charge in [-0.05, 0) is 48.9 Å². The third-order valence-electron chi connectivity index (χ3n) is 5.34. The molecule has 2 heterocycles. The summed E-state index contributed by atoms with van der Waals surface area (Å²) >= 11 is 0. The monoisotopic (exact) mass is 376 g/mol. The Balaban J connectivity index is 0.00000196. The fourth-order valence-corrected chi connectivity index (χ4v) is 4.13. The van der Waals surface area contributed by atoms with Gasteiger partial charge in [-0.1, -0.05) is 49.2 Å². The molecule has 0 unspecified atom stereocenters. The minimum absolute atomic E-state index is 0. The van der Waals surface area contributed by atoms with Gasteiger partial charge in [-0.2, -0.15) is 0 Å². The number of hydrogen-bond acceptors (Lipinski definition) is 3. The summed E-state index contributed by atoms with van der Waals surface area (Å²) in [6.45, 7) is 2.04. The van der Waals surface area contributed by atoms with Gasteiger partial charge in [0.1, 0.15) is 0 Å². The number of carboxylic acids is 1. The molecule has 2 aromatic rings. The topological polar surface area (TPSA) is 53.4 Å². The van der Waals surface area contributed by atoms with Crippen LogP contribution in [-0.4, -0.2) is 27.5 Å². The van der Waals surface area contributed by atoms with Crippen molar-refractivity contribution in [3.63, 3.8) is 0 Å². The molecule has 0 radical (unpaired) electrons. The van der Waals surface area contributed by atoms with Gasteiger partial charge in [-0.15, -0.1) is 0 Å². The molecular weight excluding hydrogens is 347 g/mol. The van der Waals surface area contributed by atoms with Crippen LogP contribution in [0.25, 0.3) is 0 Å². The van der Waals surface area contributed by atoms with Crippen LogP contribution in [0.3, 0.4) is 0 Å². The number of pyridine rings is 1. The maximum atomic E-state index is 10.7. The number of hydrogen-bond donors (Lipinski definition) is 1. The Labute approximate surface area is 185 Å². The van der Waals surface area contributed by atoms with E-state index in [1.807, 2.05) is 18.5 Å². The smallest absolute Gasteiger partial charge is 1.00 e. The van der Waals surface area contributed by atoms with Crippen LogP contribution in [0.5, 0.6) is 0 Å². The molecule has 1 saturated heterocycles. The Kier molecular flexibility index (Phi) is 9.49. The molecule has 140 valence electrons. The second-order valence-electron chi connectivity index (χ2n) is 7.23. The second kappa shape index (κ2) is 11.6. The number of likely N-dealkylation sites (tertiary alicyclic amines) is 1. The average Bonchev–Trinajstić information content (AvgIpc) is 3.05. The number of carboxylic acid groups (broad SMARTS) is 1. The van der Waals surface area contributed by atoms with Crippen molar-refractivity contribution in [3.05, 3.63) is 66.0 Å². The number of rotatable bonds is 9. The molecule has 27 heavy (non-hydrogen) atoms. The van der Waals surface area contributed by atoms with E-state index < -0.39 is 5.97 Å². The summed E-state index contributed by atoms with van der Waals surface area (Å²) < 4.78 is 0. The molecular formula is C22H29N2NaO2. The zero-order chi connectivity index (χ0) is 18.2. The maximum Gasteiger partial charge on any atom is 1.00 e. The molecule has 0 amide bonds. The molecule has 1 aliphatic rings. The largest absolute Gasteiger partial charge is 1.00 e. The molecule has 4 nitrogen and oxygen atoms in total. The van der Waals surface area contributed by atoms with E-state index >= 15 is 0 Å². The van der Waals surface area contributed by atoms with Crippen molar-refractivity contribution >= 4 is 5.97 Å². The fourth-order valence-electron chi connectivity index (χ4n) is 4.13. The van der Waals surface area contributed by atoms with Gasteiger partial charge < -0.3 is 6.53 Å². The maximum absolute atomic E-state index is 10.7. The van der Waals surface area contributed by atoms with Gasteiger partial charge in [0.15, 0.2) is 0 Å². The molecule has 1 aliphatic heterocycles. The number of unbranched alkanes of at least 4 members (excludes halogenated alkanes) is 2. The van der Waals surface area contributed by atoms with E-state index in [9.17, 15) is 4.79 Å². The van der Waals surface area contributed by atoms with E-state index in [1.54, 1.807) is 0 Å². The predicted octanol–water partition coefficient (Wildman–Crippen LogP) is 1.80. The van der Waals surface area contributed by atoms with Crippen LogP contribution in [0.2, 0.25) is 0 Å². The summed E-state index contributed by atoms with van der Waals surface area (Å²) in [6, 6.07) is 15.4. The summed E-state index contributed by atoms with van der Waals surface area (Å²) in [7, 11) is 0. The first kappa shape index (κ1) is 22.1. The molecule has 0 saturated carbocycles. The molecule has 0 aliphatic carbocycles. The Morgan fingerprint density at radius 2 is 1.96 bits per heavy atom. The first-order valence-electron chi connectivity index (χ1n) is 9.64. The number of benzene rings is 1. The molecule has 5 heteroatoms. The molecule has 1 aromatic carbocycles. The van der Waals surface area contributed by atoms with Crippen molar-refractivity contribution in [3.8, 4) is 0 Å². The molecule has 1 fully saturated rings. The van der Waals surface area contributed by atoms with E-state index in [0.29, 0.717) is 18.4 Å². The van der Waals surface area contributed by atoms with Gasteiger partial charge in [0.25, 0.3) is 0 Å². The van der Waals surface area contributed by atoms with Crippen LogP contribution in [-0.2, 0) is 11.3 Å². The third kappa shape index (κ3) is 6.72. The quantitative estimate of drug-likeness (QED) is 0.536. The first-order chi connectivity index (χ1) is 12.7. The van der Waals surface area contributed by atoms with Crippen molar-refractivity contribution in [1.82, 2.24) is 9.88 Å². The number of carbonyl (C=O) groups is 1. The van der Waals surface area contributed by atoms with Crippen LogP contribution in [0.15, 0.2) is 54.9 Å².